The van der Waals surface area contributed by atoms with Crippen LogP contribution in [0.2, 0.25) is 15.1 Å². The first-order chi connectivity index (χ1) is 6.15. The van der Waals surface area contributed by atoms with Gasteiger partial charge in [-0.25, -0.2) is 0 Å². The molecule has 70 valence electrons. The molecule has 1 aromatic rings. The quantitative estimate of drug-likeness (QED) is 0.780. The molecule has 1 nitrogen and oxygen atoms in total. The van der Waals surface area contributed by atoms with Gasteiger partial charge in [0.25, 0.3) is 0 Å². The lowest BCUT2D eigenvalue weighted by molar-refractivity contribution is 1.26. The van der Waals surface area contributed by atoms with E-state index in [1.54, 1.807) is 24.3 Å². The minimum atomic E-state index is 0.450. The maximum atomic E-state index is 5.92. The highest BCUT2D eigenvalue weighted by atomic mass is 35.5. The number of halogens is 3. The molecule has 4 heteroatoms. The second kappa shape index (κ2) is 4.87. The lowest BCUT2D eigenvalue weighted by Crippen LogP contribution is -1.92. The summed E-state index contributed by atoms with van der Waals surface area (Å²) in [5, 5.41) is 1.51. The summed E-state index contributed by atoms with van der Waals surface area (Å²) in [5.74, 6) is 0. The van der Waals surface area contributed by atoms with Crippen LogP contribution in [0.5, 0.6) is 0 Å². The van der Waals surface area contributed by atoms with Crippen LogP contribution >= 0.6 is 34.8 Å². The number of rotatable bonds is 2. The first kappa shape index (κ1) is 10.9. The highest BCUT2D eigenvalue weighted by Crippen LogP contribution is 2.30. The van der Waals surface area contributed by atoms with Crippen molar-refractivity contribution in [1.82, 2.24) is 0 Å². The van der Waals surface area contributed by atoms with E-state index in [2.05, 4.69) is 0 Å². The Morgan fingerprint density at radius 2 is 1.92 bits per heavy atom. The van der Waals surface area contributed by atoms with Crippen molar-refractivity contribution in [3.63, 3.8) is 0 Å². The zero-order valence-electron chi connectivity index (χ0n) is 6.73. The maximum Gasteiger partial charge on any atom is 0.0665 e. The molecule has 0 heterocycles. The van der Waals surface area contributed by atoms with Crippen molar-refractivity contribution >= 4 is 40.9 Å². The zero-order chi connectivity index (χ0) is 9.84. The SMILES string of the molecule is NCC=Cc1cc(Cl)cc(Cl)c1Cl. The highest BCUT2D eigenvalue weighted by molar-refractivity contribution is 6.44. The van der Waals surface area contributed by atoms with Crippen LogP contribution in [-0.4, -0.2) is 6.54 Å². The lowest BCUT2D eigenvalue weighted by atomic mass is 10.2. The summed E-state index contributed by atoms with van der Waals surface area (Å²) < 4.78 is 0. The average molecular weight is 237 g/mol. The average Bonchev–Trinajstić information content (AvgIpc) is 2.09. The standard InChI is InChI=1S/C9H8Cl3N/c10-7-4-6(2-1-3-13)9(12)8(11)5-7/h1-2,4-5H,3,13H2. The fourth-order valence-electron chi connectivity index (χ4n) is 0.892. The van der Waals surface area contributed by atoms with E-state index in [4.69, 9.17) is 40.5 Å². The Kier molecular flexibility index (Phi) is 4.07. The molecular formula is C9H8Cl3N. The molecule has 0 aliphatic carbocycles. The molecule has 0 atom stereocenters. The van der Waals surface area contributed by atoms with E-state index in [1.807, 2.05) is 0 Å². The number of hydrogen-bond acceptors (Lipinski definition) is 1. The zero-order valence-corrected chi connectivity index (χ0v) is 9.00. The normalized spacial score (nSPS) is 11.1. The van der Waals surface area contributed by atoms with Gasteiger partial charge in [0.2, 0.25) is 0 Å². The highest BCUT2D eigenvalue weighted by Gasteiger charge is 2.03. The Hall–Kier alpha value is -0.210. The van der Waals surface area contributed by atoms with Crippen LogP contribution in [0.15, 0.2) is 18.2 Å². The van der Waals surface area contributed by atoms with Gasteiger partial charge in [0.15, 0.2) is 0 Å². The van der Waals surface area contributed by atoms with Crippen LogP contribution in [0.3, 0.4) is 0 Å². The number of benzene rings is 1. The third kappa shape index (κ3) is 2.89. The Morgan fingerprint density at radius 3 is 2.54 bits per heavy atom. The van der Waals surface area contributed by atoms with Crippen molar-refractivity contribution in [3.8, 4) is 0 Å². The van der Waals surface area contributed by atoms with Gasteiger partial charge < -0.3 is 5.73 Å². The predicted octanol–water partition coefficient (Wildman–Crippen LogP) is 3.62. The third-order valence-corrected chi connectivity index (χ3v) is 2.49. The first-order valence-corrected chi connectivity index (χ1v) is 4.79. The second-order valence-corrected chi connectivity index (χ2v) is 3.65. The Balaban J connectivity index is 3.12. The van der Waals surface area contributed by atoms with Crippen molar-refractivity contribution in [2.45, 2.75) is 0 Å². The van der Waals surface area contributed by atoms with E-state index in [9.17, 15) is 0 Å². The smallest absolute Gasteiger partial charge is 0.0665 e. The van der Waals surface area contributed by atoms with E-state index in [-0.39, 0.29) is 0 Å². The summed E-state index contributed by atoms with van der Waals surface area (Å²) in [5.41, 5.74) is 6.09. The summed E-state index contributed by atoms with van der Waals surface area (Å²) >= 11 is 17.5. The van der Waals surface area contributed by atoms with E-state index >= 15 is 0 Å². The van der Waals surface area contributed by atoms with Gasteiger partial charge in [0.05, 0.1) is 10.0 Å². The van der Waals surface area contributed by atoms with Crippen LogP contribution < -0.4 is 5.73 Å². The molecule has 0 aliphatic heterocycles. The van der Waals surface area contributed by atoms with Crippen molar-refractivity contribution < 1.29 is 0 Å². The van der Waals surface area contributed by atoms with Crippen LogP contribution in [0, 0.1) is 0 Å². The van der Waals surface area contributed by atoms with E-state index in [1.165, 1.54) is 0 Å². The van der Waals surface area contributed by atoms with E-state index in [0.29, 0.717) is 21.6 Å². The molecule has 1 aromatic carbocycles. The maximum absolute atomic E-state index is 5.92. The Labute approximate surface area is 92.1 Å². The molecule has 0 unspecified atom stereocenters. The molecule has 0 aliphatic rings. The largest absolute Gasteiger partial charge is 0.327 e. The molecule has 0 saturated heterocycles. The van der Waals surface area contributed by atoms with Gasteiger partial charge >= 0.3 is 0 Å². The fraction of sp³-hybridized carbons (Fsp3) is 0.111. The monoisotopic (exact) mass is 235 g/mol. The number of nitrogens with two attached hydrogens (primary N) is 1. The molecule has 0 amide bonds. The van der Waals surface area contributed by atoms with Gasteiger partial charge in [-0.2, -0.15) is 0 Å². The van der Waals surface area contributed by atoms with Gasteiger partial charge in [-0.05, 0) is 17.7 Å². The summed E-state index contributed by atoms with van der Waals surface area (Å²) in [4.78, 5) is 0. The van der Waals surface area contributed by atoms with Gasteiger partial charge in [-0.15, -0.1) is 0 Å². The summed E-state index contributed by atoms with van der Waals surface area (Å²) in [6.45, 7) is 0.459. The number of hydrogen-bond donors (Lipinski definition) is 1. The van der Waals surface area contributed by atoms with E-state index in [0.717, 1.165) is 5.56 Å². The van der Waals surface area contributed by atoms with Gasteiger partial charge in [0, 0.05) is 11.6 Å². The van der Waals surface area contributed by atoms with Crippen molar-refractivity contribution in [1.29, 1.82) is 0 Å². The van der Waals surface area contributed by atoms with Gasteiger partial charge in [0.1, 0.15) is 0 Å². The molecule has 0 bridgehead atoms. The first-order valence-electron chi connectivity index (χ1n) is 3.66. The minimum absolute atomic E-state index is 0.450. The van der Waals surface area contributed by atoms with Crippen LogP contribution in [0.4, 0.5) is 0 Å². The molecule has 1 rings (SSSR count). The van der Waals surface area contributed by atoms with Crippen molar-refractivity contribution in [2.24, 2.45) is 5.73 Å². The lowest BCUT2D eigenvalue weighted by Gasteiger charge is -2.01. The second-order valence-electron chi connectivity index (χ2n) is 2.43. The molecule has 0 radical (unpaired) electrons. The van der Waals surface area contributed by atoms with E-state index < -0.39 is 0 Å². The van der Waals surface area contributed by atoms with Crippen LogP contribution in [0.25, 0.3) is 6.08 Å². The van der Waals surface area contributed by atoms with Crippen molar-refractivity contribution in [2.75, 3.05) is 6.54 Å². The van der Waals surface area contributed by atoms with Crippen molar-refractivity contribution in [3.05, 3.63) is 38.8 Å². The topological polar surface area (TPSA) is 26.0 Å². The molecule has 0 saturated carbocycles. The summed E-state index contributed by atoms with van der Waals surface area (Å²) in [6, 6.07) is 3.34. The molecule has 13 heavy (non-hydrogen) atoms. The summed E-state index contributed by atoms with van der Waals surface area (Å²) in [7, 11) is 0. The predicted molar refractivity (Wildman–Crippen MR) is 59.6 cm³/mol. The van der Waals surface area contributed by atoms with Gasteiger partial charge in [-0.3, -0.25) is 0 Å². The molecule has 2 N–H and O–H groups in total. The molecule has 0 spiro atoms. The molecule has 0 fully saturated rings. The minimum Gasteiger partial charge on any atom is -0.327 e. The fourth-order valence-corrected chi connectivity index (χ4v) is 1.57. The van der Waals surface area contributed by atoms with Crippen LogP contribution in [0.1, 0.15) is 5.56 Å². The third-order valence-electron chi connectivity index (χ3n) is 1.45. The summed E-state index contributed by atoms with van der Waals surface area (Å²) in [6.07, 6.45) is 3.58. The molecule has 0 aromatic heterocycles. The van der Waals surface area contributed by atoms with Crippen LogP contribution in [-0.2, 0) is 0 Å². The molecular weight excluding hydrogens is 228 g/mol. The Bertz CT molecular complexity index is 334. The van der Waals surface area contributed by atoms with Gasteiger partial charge in [-0.1, -0.05) is 47.0 Å². The Morgan fingerprint density at radius 1 is 1.23 bits per heavy atom.